The minimum absolute atomic E-state index is 0.0202. The molecule has 0 N–H and O–H groups in total. The fraction of sp³-hybridized carbons (Fsp3) is 0.667. The third-order valence-corrected chi connectivity index (χ3v) is 7.08. The molecule has 0 aromatic heterocycles. The molecular weight excluding hydrogens is 394 g/mol. The first-order chi connectivity index (χ1) is 15.1. The van der Waals surface area contributed by atoms with Crippen LogP contribution in [0.4, 0.5) is 0 Å². The van der Waals surface area contributed by atoms with Gasteiger partial charge in [-0.25, -0.2) is 0 Å². The van der Waals surface area contributed by atoms with Crippen LogP contribution in [0, 0.1) is 5.92 Å². The lowest BCUT2D eigenvalue weighted by Crippen LogP contribution is -2.45. The highest BCUT2D eigenvalue weighted by Gasteiger charge is 2.34. The van der Waals surface area contributed by atoms with Gasteiger partial charge in [0.05, 0.1) is 26.8 Å². The summed E-state index contributed by atoms with van der Waals surface area (Å²) in [6.45, 7) is 4.67. The van der Waals surface area contributed by atoms with Gasteiger partial charge in [-0.3, -0.25) is 14.5 Å². The first-order valence-corrected chi connectivity index (χ1v) is 11.6. The molecule has 0 saturated carbocycles. The van der Waals surface area contributed by atoms with Crippen LogP contribution >= 0.6 is 0 Å². The summed E-state index contributed by atoms with van der Waals surface area (Å²) in [5.74, 6) is 2.20. The predicted octanol–water partition coefficient (Wildman–Crippen LogP) is 2.70. The molecule has 0 radical (unpaired) electrons. The van der Waals surface area contributed by atoms with E-state index in [0.29, 0.717) is 12.5 Å². The van der Waals surface area contributed by atoms with Crippen LogP contribution in [0.2, 0.25) is 0 Å². The van der Waals surface area contributed by atoms with Gasteiger partial charge in [-0.15, -0.1) is 0 Å². The van der Waals surface area contributed by atoms with Crippen molar-refractivity contribution >= 4 is 11.8 Å². The minimum Gasteiger partial charge on any atom is -0.497 e. The van der Waals surface area contributed by atoms with Crippen molar-refractivity contribution in [2.75, 3.05) is 53.5 Å². The van der Waals surface area contributed by atoms with Crippen molar-refractivity contribution in [2.24, 2.45) is 5.92 Å². The van der Waals surface area contributed by atoms with Gasteiger partial charge in [0.2, 0.25) is 11.8 Å². The van der Waals surface area contributed by atoms with Crippen molar-refractivity contribution in [1.29, 1.82) is 0 Å². The molecule has 2 amide bonds. The summed E-state index contributed by atoms with van der Waals surface area (Å²) in [5.41, 5.74) is 1.02. The van der Waals surface area contributed by atoms with Gasteiger partial charge >= 0.3 is 0 Å². The summed E-state index contributed by atoms with van der Waals surface area (Å²) in [5, 5.41) is 0. The Hall–Kier alpha value is -2.28. The van der Waals surface area contributed by atoms with E-state index < -0.39 is 0 Å². The highest BCUT2D eigenvalue weighted by molar-refractivity contribution is 5.80. The lowest BCUT2D eigenvalue weighted by atomic mass is 9.95. The number of hydrogen-bond acceptors (Lipinski definition) is 5. The number of carbonyl (C=O) groups excluding carboxylic acids is 2. The van der Waals surface area contributed by atoms with Gasteiger partial charge in [-0.1, -0.05) is 0 Å². The molecule has 3 saturated heterocycles. The Labute approximate surface area is 185 Å². The fourth-order valence-corrected chi connectivity index (χ4v) is 5.30. The molecule has 4 rings (SSSR count). The smallest absolute Gasteiger partial charge is 0.237 e. The molecule has 0 spiro atoms. The SMILES string of the molecule is COc1ccc(OC)c(C2CCCN2C(=O)CN2CCC(C(=O)N3CCCC3)CC2)c1. The summed E-state index contributed by atoms with van der Waals surface area (Å²) in [6, 6.07) is 5.81. The fourth-order valence-electron chi connectivity index (χ4n) is 5.30. The molecule has 1 aromatic carbocycles. The molecule has 3 fully saturated rings. The Morgan fingerprint density at radius 3 is 2.35 bits per heavy atom. The summed E-state index contributed by atoms with van der Waals surface area (Å²) >= 11 is 0. The van der Waals surface area contributed by atoms with Crippen molar-refractivity contribution in [3.63, 3.8) is 0 Å². The molecule has 170 valence electrons. The molecule has 1 aromatic rings. The third-order valence-electron chi connectivity index (χ3n) is 7.08. The number of piperidine rings is 1. The van der Waals surface area contributed by atoms with Gasteiger partial charge in [0.15, 0.2) is 0 Å². The maximum Gasteiger partial charge on any atom is 0.237 e. The van der Waals surface area contributed by atoms with Crippen molar-refractivity contribution in [3.05, 3.63) is 23.8 Å². The zero-order valence-corrected chi connectivity index (χ0v) is 18.8. The molecule has 3 aliphatic rings. The highest BCUT2D eigenvalue weighted by atomic mass is 16.5. The molecule has 1 unspecified atom stereocenters. The Bertz CT molecular complexity index is 785. The molecule has 1 atom stereocenters. The van der Waals surface area contributed by atoms with E-state index in [-0.39, 0.29) is 17.9 Å². The zero-order valence-electron chi connectivity index (χ0n) is 18.8. The second-order valence-electron chi connectivity index (χ2n) is 8.94. The predicted molar refractivity (Wildman–Crippen MR) is 118 cm³/mol. The standard InChI is InChI=1S/C24H35N3O4/c1-30-19-7-8-22(31-2)20(16-19)21-6-5-13-27(21)23(28)17-25-14-9-18(10-15-25)24(29)26-11-3-4-12-26/h7-8,16,18,21H,3-6,9-15,17H2,1-2H3. The number of nitrogens with zero attached hydrogens (tertiary/aromatic N) is 3. The number of likely N-dealkylation sites (tertiary alicyclic amines) is 3. The van der Waals surface area contributed by atoms with Gasteiger partial charge in [-0.2, -0.15) is 0 Å². The Morgan fingerprint density at radius 2 is 1.68 bits per heavy atom. The third kappa shape index (κ3) is 4.81. The highest BCUT2D eigenvalue weighted by Crippen LogP contribution is 2.39. The second kappa shape index (κ2) is 9.90. The van der Waals surface area contributed by atoms with E-state index in [1.807, 2.05) is 28.0 Å². The van der Waals surface area contributed by atoms with Crippen LogP contribution in [0.3, 0.4) is 0 Å². The number of hydrogen-bond donors (Lipinski definition) is 0. The first kappa shape index (κ1) is 21.9. The van der Waals surface area contributed by atoms with E-state index in [9.17, 15) is 9.59 Å². The number of rotatable bonds is 6. The van der Waals surface area contributed by atoms with Gasteiger partial charge in [0.1, 0.15) is 11.5 Å². The van der Waals surface area contributed by atoms with Crippen LogP contribution in [0.25, 0.3) is 0 Å². The average Bonchev–Trinajstić information content (AvgIpc) is 3.51. The van der Waals surface area contributed by atoms with E-state index >= 15 is 0 Å². The quantitative estimate of drug-likeness (QED) is 0.696. The first-order valence-electron chi connectivity index (χ1n) is 11.6. The number of amides is 2. The summed E-state index contributed by atoms with van der Waals surface area (Å²) in [7, 11) is 3.32. The Kier molecular flexibility index (Phi) is 7.00. The van der Waals surface area contributed by atoms with Crippen LogP contribution in [-0.2, 0) is 9.59 Å². The van der Waals surface area contributed by atoms with E-state index in [4.69, 9.17) is 9.47 Å². The number of carbonyl (C=O) groups is 2. The monoisotopic (exact) mass is 429 g/mol. The summed E-state index contributed by atoms with van der Waals surface area (Å²) in [6.07, 6.45) is 5.90. The maximum atomic E-state index is 13.2. The molecule has 0 bridgehead atoms. The largest absolute Gasteiger partial charge is 0.497 e. The van der Waals surface area contributed by atoms with Gasteiger partial charge in [0, 0.05) is 31.1 Å². The van der Waals surface area contributed by atoms with Crippen molar-refractivity contribution in [3.8, 4) is 11.5 Å². The Balaban J connectivity index is 1.35. The molecule has 31 heavy (non-hydrogen) atoms. The lowest BCUT2D eigenvalue weighted by Gasteiger charge is -2.34. The molecule has 7 nitrogen and oxygen atoms in total. The Morgan fingerprint density at radius 1 is 0.935 bits per heavy atom. The van der Waals surface area contributed by atoms with Gasteiger partial charge in [0.25, 0.3) is 0 Å². The van der Waals surface area contributed by atoms with Crippen molar-refractivity contribution in [2.45, 2.75) is 44.6 Å². The van der Waals surface area contributed by atoms with E-state index in [1.165, 1.54) is 0 Å². The van der Waals surface area contributed by atoms with E-state index in [0.717, 1.165) is 88.3 Å². The minimum atomic E-state index is 0.0202. The maximum absolute atomic E-state index is 13.2. The molecule has 7 heteroatoms. The van der Waals surface area contributed by atoms with Crippen LogP contribution in [0.15, 0.2) is 18.2 Å². The number of methoxy groups -OCH3 is 2. The molecule has 0 aliphatic carbocycles. The summed E-state index contributed by atoms with van der Waals surface area (Å²) < 4.78 is 11.0. The van der Waals surface area contributed by atoms with Crippen LogP contribution < -0.4 is 9.47 Å². The molecule has 3 heterocycles. The van der Waals surface area contributed by atoms with Crippen LogP contribution in [0.5, 0.6) is 11.5 Å². The van der Waals surface area contributed by atoms with Crippen LogP contribution in [0.1, 0.15) is 50.1 Å². The molecule has 3 aliphatic heterocycles. The number of benzene rings is 1. The van der Waals surface area contributed by atoms with Crippen molar-refractivity contribution < 1.29 is 19.1 Å². The van der Waals surface area contributed by atoms with Crippen molar-refractivity contribution in [1.82, 2.24) is 14.7 Å². The normalized spacial score (nSPS) is 22.7. The topological polar surface area (TPSA) is 62.3 Å². The average molecular weight is 430 g/mol. The van der Waals surface area contributed by atoms with Crippen LogP contribution in [-0.4, -0.2) is 80.0 Å². The van der Waals surface area contributed by atoms with E-state index in [1.54, 1.807) is 14.2 Å². The molecular formula is C24H35N3O4. The van der Waals surface area contributed by atoms with E-state index in [2.05, 4.69) is 4.90 Å². The zero-order chi connectivity index (χ0) is 21.8. The van der Waals surface area contributed by atoms with Gasteiger partial charge in [-0.05, 0) is 69.8 Å². The lowest BCUT2D eigenvalue weighted by molar-refractivity contribution is -0.136. The van der Waals surface area contributed by atoms with Gasteiger partial charge < -0.3 is 19.3 Å². The number of ether oxygens (including phenoxy) is 2. The second-order valence-corrected chi connectivity index (χ2v) is 8.94. The summed E-state index contributed by atoms with van der Waals surface area (Å²) in [4.78, 5) is 32.1.